The Balaban J connectivity index is 1.96. The predicted molar refractivity (Wildman–Crippen MR) is 153 cm³/mol. The summed E-state index contributed by atoms with van der Waals surface area (Å²) in [6, 6.07) is 13.2. The number of H-pyrrole nitrogens is 1. The summed E-state index contributed by atoms with van der Waals surface area (Å²) in [5, 5.41) is 11.5. The van der Waals surface area contributed by atoms with E-state index < -0.39 is 26.6 Å². The third-order valence-corrected chi connectivity index (χ3v) is 7.59. The van der Waals surface area contributed by atoms with Crippen LogP contribution in [0.1, 0.15) is 0 Å². The van der Waals surface area contributed by atoms with Crippen molar-refractivity contribution in [1.29, 1.82) is 0 Å². The van der Waals surface area contributed by atoms with Crippen LogP contribution in [0.25, 0.3) is 64.9 Å². The third kappa shape index (κ3) is 2.76. The molecule has 7 aromatic rings. The van der Waals surface area contributed by atoms with Crippen molar-refractivity contribution in [3.05, 3.63) is 106 Å². The van der Waals surface area contributed by atoms with Crippen LogP contribution in [0.15, 0.2) is 73.8 Å². The lowest BCUT2D eigenvalue weighted by molar-refractivity contribution is -0.384. The van der Waals surface area contributed by atoms with E-state index in [2.05, 4.69) is 4.98 Å². The minimum absolute atomic E-state index is 0.0217. The number of benzene rings is 6. The Morgan fingerprint density at radius 3 is 1.70 bits per heavy atom. The number of nitro benzene ring substituents is 1. The summed E-state index contributed by atoms with van der Waals surface area (Å²) >= 11 is 0. The van der Waals surface area contributed by atoms with Gasteiger partial charge in [0.1, 0.15) is 11.5 Å². The van der Waals surface area contributed by atoms with Gasteiger partial charge in [0, 0.05) is 55.4 Å². The van der Waals surface area contributed by atoms with Crippen LogP contribution in [0.3, 0.4) is 0 Å². The molecule has 0 fully saturated rings. The van der Waals surface area contributed by atoms with Crippen molar-refractivity contribution in [3.63, 3.8) is 0 Å². The molecule has 40 heavy (non-hydrogen) atoms. The number of ether oxygens (including phenoxy) is 2. The summed E-state index contributed by atoms with van der Waals surface area (Å²) < 4.78 is 10.8. The van der Waals surface area contributed by atoms with Crippen LogP contribution in [0.2, 0.25) is 0 Å². The highest BCUT2D eigenvalue weighted by Gasteiger charge is 2.27. The van der Waals surface area contributed by atoms with Gasteiger partial charge < -0.3 is 14.5 Å². The molecule has 0 saturated carbocycles. The number of methoxy groups -OCH3 is 2. The van der Waals surface area contributed by atoms with E-state index in [0.29, 0.717) is 5.52 Å². The van der Waals surface area contributed by atoms with Gasteiger partial charge in [-0.1, -0.05) is 24.3 Å². The molecule has 0 aliphatic carbocycles. The fourth-order valence-electron chi connectivity index (χ4n) is 5.92. The van der Waals surface area contributed by atoms with Gasteiger partial charge in [-0.25, -0.2) is 0 Å². The summed E-state index contributed by atoms with van der Waals surface area (Å²) in [5.74, 6) is 0.315. The zero-order valence-electron chi connectivity index (χ0n) is 20.9. The van der Waals surface area contributed by atoms with Crippen molar-refractivity contribution in [2.24, 2.45) is 0 Å². The van der Waals surface area contributed by atoms with E-state index in [1.807, 2.05) is 0 Å². The minimum atomic E-state index is -0.660. The number of rotatable bonds is 3. The molecular formula is C30H16N2O8. The number of nitro groups is 1. The first kappa shape index (κ1) is 23.5. The van der Waals surface area contributed by atoms with Crippen LogP contribution in [-0.2, 0) is 0 Å². The van der Waals surface area contributed by atoms with E-state index in [4.69, 9.17) is 9.47 Å². The Kier molecular flexibility index (Phi) is 4.66. The van der Waals surface area contributed by atoms with Gasteiger partial charge in [0.2, 0.25) is 0 Å². The molecule has 0 unspecified atom stereocenters. The minimum Gasteiger partial charge on any atom is -0.496 e. The average molecular weight is 532 g/mol. The molecule has 0 radical (unpaired) electrons. The largest absolute Gasteiger partial charge is 0.496 e. The van der Waals surface area contributed by atoms with Crippen LogP contribution in [0.5, 0.6) is 11.5 Å². The Labute approximate surface area is 221 Å². The quantitative estimate of drug-likeness (QED) is 0.154. The van der Waals surface area contributed by atoms with Crippen LogP contribution in [0, 0.1) is 10.1 Å². The van der Waals surface area contributed by atoms with Crippen LogP contribution in [0.4, 0.5) is 5.69 Å². The van der Waals surface area contributed by atoms with E-state index >= 15 is 0 Å². The second kappa shape index (κ2) is 7.93. The topological polar surface area (TPSA) is 146 Å². The van der Waals surface area contributed by atoms with Crippen LogP contribution in [-0.4, -0.2) is 24.1 Å². The molecule has 1 heterocycles. The SMILES string of the molecule is COc1cccc2c(=O)c3c(c(=O)c12)c1[nH]c2ccc([N+](=O)[O-])cc2c1c1c(=O)c2cccc(OC)c2c(=O)c31. The van der Waals surface area contributed by atoms with Gasteiger partial charge in [-0.05, 0) is 18.2 Å². The lowest BCUT2D eigenvalue weighted by Gasteiger charge is -2.11. The molecule has 7 rings (SSSR count). The number of aromatic nitrogens is 1. The fraction of sp³-hybridized carbons (Fsp3) is 0.0667. The second-order valence-electron chi connectivity index (χ2n) is 9.44. The van der Waals surface area contributed by atoms with Crippen molar-refractivity contribution in [1.82, 2.24) is 4.98 Å². The zero-order chi connectivity index (χ0) is 28.0. The van der Waals surface area contributed by atoms with E-state index in [-0.39, 0.29) is 76.6 Å². The van der Waals surface area contributed by atoms with E-state index in [1.54, 1.807) is 18.2 Å². The molecule has 0 saturated heterocycles. The lowest BCUT2D eigenvalue weighted by atomic mass is 9.90. The lowest BCUT2D eigenvalue weighted by Crippen LogP contribution is -2.20. The van der Waals surface area contributed by atoms with Crippen molar-refractivity contribution >= 4 is 70.6 Å². The van der Waals surface area contributed by atoms with Gasteiger partial charge in [0.25, 0.3) is 5.69 Å². The molecule has 10 heteroatoms. The van der Waals surface area contributed by atoms with Crippen LogP contribution < -0.4 is 31.2 Å². The zero-order valence-corrected chi connectivity index (χ0v) is 20.9. The number of hydrogen-bond donors (Lipinski definition) is 1. The van der Waals surface area contributed by atoms with Gasteiger partial charge in [-0.3, -0.25) is 29.3 Å². The molecule has 0 amide bonds. The maximum atomic E-state index is 14.2. The summed E-state index contributed by atoms with van der Waals surface area (Å²) in [6.07, 6.45) is 0. The molecule has 1 N–H and O–H groups in total. The summed E-state index contributed by atoms with van der Waals surface area (Å²) in [6.45, 7) is 0. The number of hydrogen-bond acceptors (Lipinski definition) is 8. The molecule has 0 aliphatic rings. The second-order valence-corrected chi connectivity index (χ2v) is 9.44. The van der Waals surface area contributed by atoms with Gasteiger partial charge in [-0.15, -0.1) is 0 Å². The summed E-state index contributed by atoms with van der Waals surface area (Å²) in [5.41, 5.74) is -2.16. The van der Waals surface area contributed by atoms with E-state index in [9.17, 15) is 29.3 Å². The first-order valence-corrected chi connectivity index (χ1v) is 12.1. The highest BCUT2D eigenvalue weighted by Crippen LogP contribution is 2.38. The van der Waals surface area contributed by atoms with Gasteiger partial charge >= 0.3 is 0 Å². The third-order valence-electron chi connectivity index (χ3n) is 7.59. The number of fused-ring (bicyclic) bond motifs is 10. The highest BCUT2D eigenvalue weighted by molar-refractivity contribution is 6.33. The van der Waals surface area contributed by atoms with Gasteiger partial charge in [-0.2, -0.15) is 0 Å². The predicted octanol–water partition coefficient (Wildman–Crippen LogP) is 4.18. The highest BCUT2D eigenvalue weighted by atomic mass is 16.6. The molecule has 6 aromatic carbocycles. The Morgan fingerprint density at radius 2 is 1.15 bits per heavy atom. The molecule has 1 aromatic heterocycles. The standard InChI is InChI=1S/C30H16N2O8/c1-39-17-7-3-5-13-19(17)29(35)23-22(27(13)33)21-15-11-12(32(37)38)9-10-16(15)31-26(21)25-24(23)28(34)14-6-4-8-18(40-2)20(14)30(25)36/h3-11,31H,1-2H3. The summed E-state index contributed by atoms with van der Waals surface area (Å²) in [4.78, 5) is 70.8. The number of nitrogens with zero attached hydrogens (tertiary/aromatic N) is 1. The molecular weight excluding hydrogens is 516 g/mol. The Bertz CT molecular complexity index is 2520. The van der Waals surface area contributed by atoms with Crippen molar-refractivity contribution in [3.8, 4) is 11.5 Å². The normalized spacial score (nSPS) is 11.8. The van der Waals surface area contributed by atoms with Crippen LogP contribution >= 0.6 is 0 Å². The van der Waals surface area contributed by atoms with Crippen molar-refractivity contribution in [2.75, 3.05) is 14.2 Å². The Morgan fingerprint density at radius 1 is 0.625 bits per heavy atom. The maximum Gasteiger partial charge on any atom is 0.270 e. The molecule has 0 spiro atoms. The number of non-ortho nitro benzene ring substituents is 1. The molecule has 0 bridgehead atoms. The molecule has 194 valence electrons. The molecule has 10 nitrogen and oxygen atoms in total. The Hall–Kier alpha value is -5.64. The molecule has 0 aliphatic heterocycles. The van der Waals surface area contributed by atoms with Gasteiger partial charge in [0.15, 0.2) is 21.7 Å². The molecule has 0 atom stereocenters. The first-order chi connectivity index (χ1) is 19.3. The van der Waals surface area contributed by atoms with E-state index in [0.717, 1.165) is 0 Å². The number of nitrogens with one attached hydrogen (secondary N) is 1. The van der Waals surface area contributed by atoms with Crippen molar-refractivity contribution < 1.29 is 14.4 Å². The fourth-order valence-corrected chi connectivity index (χ4v) is 5.92. The monoisotopic (exact) mass is 532 g/mol. The summed E-state index contributed by atoms with van der Waals surface area (Å²) in [7, 11) is 2.73. The first-order valence-electron chi connectivity index (χ1n) is 12.1. The van der Waals surface area contributed by atoms with E-state index in [1.165, 1.54) is 50.6 Å². The number of aromatic amines is 1. The van der Waals surface area contributed by atoms with Crippen molar-refractivity contribution in [2.45, 2.75) is 0 Å². The van der Waals surface area contributed by atoms with Gasteiger partial charge in [0.05, 0.1) is 40.8 Å². The smallest absolute Gasteiger partial charge is 0.270 e. The maximum absolute atomic E-state index is 14.2. The average Bonchev–Trinajstić information content (AvgIpc) is 3.35.